The summed E-state index contributed by atoms with van der Waals surface area (Å²) in [6, 6.07) is 0. The highest BCUT2D eigenvalue weighted by Crippen LogP contribution is 2.23. The van der Waals surface area contributed by atoms with E-state index in [1.54, 1.807) is 0 Å². The molecule has 0 bridgehead atoms. The Kier molecular flexibility index (Phi) is 42.8. The van der Waals surface area contributed by atoms with Crippen molar-refractivity contribution < 1.29 is 33.3 Å². The second-order valence-electron chi connectivity index (χ2n) is 19.4. The Balaban J connectivity index is 2.26. The van der Waals surface area contributed by atoms with Gasteiger partial charge in [0.2, 0.25) is 0 Å². The van der Waals surface area contributed by atoms with Crippen LogP contribution in [0, 0.1) is 11.8 Å². The van der Waals surface area contributed by atoms with E-state index < -0.39 is 0 Å². The molecule has 0 unspecified atom stereocenters. The van der Waals surface area contributed by atoms with Crippen molar-refractivity contribution in [3.63, 3.8) is 0 Å². The van der Waals surface area contributed by atoms with Crippen molar-refractivity contribution in [3.8, 4) is 0 Å². The number of nitrogens with zero attached hydrogens (tertiary/aromatic N) is 1. The number of carbonyl (C=O) groups excluding carboxylic acids is 3. The van der Waals surface area contributed by atoms with Gasteiger partial charge in [-0.15, -0.1) is 0 Å². The van der Waals surface area contributed by atoms with Crippen LogP contribution < -0.4 is 0 Å². The summed E-state index contributed by atoms with van der Waals surface area (Å²) in [6.07, 6.45) is 42.6. The average Bonchev–Trinajstić information content (AvgIpc) is 3.28. The van der Waals surface area contributed by atoms with Crippen LogP contribution in [0.15, 0.2) is 0 Å². The molecule has 0 saturated carbocycles. The van der Waals surface area contributed by atoms with Gasteiger partial charge in [0.25, 0.3) is 0 Å². The topological polar surface area (TPSA) is 91.4 Å². The zero-order valence-electron chi connectivity index (χ0n) is 42.4. The van der Waals surface area contributed by atoms with Crippen LogP contribution in [0.5, 0.6) is 0 Å². The second kappa shape index (κ2) is 45.5. The second-order valence-corrected chi connectivity index (χ2v) is 19.4. The molecule has 1 saturated heterocycles. The molecule has 1 aliphatic heterocycles. The molecular weight excluding hydrogens is 787 g/mol. The molecule has 0 aromatic carbocycles. The third-order valence-corrected chi connectivity index (χ3v) is 13.5. The Morgan fingerprint density at radius 1 is 0.413 bits per heavy atom. The van der Waals surface area contributed by atoms with Crippen molar-refractivity contribution in [2.24, 2.45) is 11.8 Å². The molecule has 0 aromatic rings. The summed E-state index contributed by atoms with van der Waals surface area (Å²) in [6.45, 7) is 14.6. The number of ether oxygens (including phenoxy) is 4. The van der Waals surface area contributed by atoms with Gasteiger partial charge in [0.1, 0.15) is 6.10 Å². The van der Waals surface area contributed by atoms with E-state index in [0.717, 1.165) is 129 Å². The summed E-state index contributed by atoms with van der Waals surface area (Å²) < 4.78 is 22.9. The minimum Gasteiger partial charge on any atom is -0.466 e. The fourth-order valence-corrected chi connectivity index (χ4v) is 9.25. The number of esters is 3. The number of morpholine rings is 1. The molecular formula is C55H105NO7. The predicted octanol–water partition coefficient (Wildman–Crippen LogP) is 15.5. The van der Waals surface area contributed by atoms with Crippen molar-refractivity contribution in [3.05, 3.63) is 0 Å². The molecule has 0 atom stereocenters. The minimum atomic E-state index is -0.0390. The molecule has 1 rings (SSSR count). The highest BCUT2D eigenvalue weighted by molar-refractivity contribution is 5.70. The standard InChI is InChI=1S/C55H105NO7/c1-5-9-23-32-50(33-24-10-6-2)41-46-61-53(57)38-29-21-17-13-15-19-27-36-52(63-55(59)40-31-43-56-44-48-60-49-45-56)37-28-20-16-14-18-22-30-39-54(58)62-47-42-51(34-25-11-7-3)35-26-12-8-4/h50-52H,5-49H2,1-4H3. The maximum atomic E-state index is 12.9. The van der Waals surface area contributed by atoms with Crippen molar-refractivity contribution in [1.82, 2.24) is 4.90 Å². The Hall–Kier alpha value is -1.67. The molecule has 8 heteroatoms. The first-order valence-corrected chi connectivity index (χ1v) is 27.7. The first kappa shape index (κ1) is 59.3. The lowest BCUT2D eigenvalue weighted by atomic mass is 9.92. The summed E-state index contributed by atoms with van der Waals surface area (Å²) in [4.78, 5) is 40.1. The smallest absolute Gasteiger partial charge is 0.306 e. The van der Waals surface area contributed by atoms with Gasteiger partial charge in [0, 0.05) is 32.4 Å². The van der Waals surface area contributed by atoms with Crippen molar-refractivity contribution >= 4 is 17.9 Å². The molecule has 1 heterocycles. The van der Waals surface area contributed by atoms with Gasteiger partial charge in [-0.05, 0) is 76.2 Å². The molecule has 0 radical (unpaired) electrons. The lowest BCUT2D eigenvalue weighted by Gasteiger charge is -2.26. The molecule has 0 aliphatic carbocycles. The van der Waals surface area contributed by atoms with Crippen LogP contribution in [0.25, 0.3) is 0 Å². The molecule has 63 heavy (non-hydrogen) atoms. The third-order valence-electron chi connectivity index (χ3n) is 13.5. The lowest BCUT2D eigenvalue weighted by Crippen LogP contribution is -2.37. The summed E-state index contributed by atoms with van der Waals surface area (Å²) in [5, 5.41) is 0. The number of unbranched alkanes of at least 4 members (excludes halogenated alkanes) is 20. The maximum Gasteiger partial charge on any atom is 0.306 e. The van der Waals surface area contributed by atoms with E-state index in [1.165, 1.54) is 128 Å². The fraction of sp³-hybridized carbons (Fsp3) is 0.945. The fourth-order valence-electron chi connectivity index (χ4n) is 9.25. The van der Waals surface area contributed by atoms with E-state index in [0.29, 0.717) is 44.3 Å². The monoisotopic (exact) mass is 892 g/mol. The van der Waals surface area contributed by atoms with Gasteiger partial charge in [-0.2, -0.15) is 0 Å². The summed E-state index contributed by atoms with van der Waals surface area (Å²) in [5.41, 5.74) is 0. The molecule has 1 aliphatic rings. The van der Waals surface area contributed by atoms with E-state index in [4.69, 9.17) is 18.9 Å². The molecule has 0 amide bonds. The zero-order valence-corrected chi connectivity index (χ0v) is 42.4. The molecule has 0 spiro atoms. The Labute approximate surface area is 390 Å². The SMILES string of the molecule is CCCCCC(CCCCC)CCOC(=O)CCCCCCCCCC(CCCCCCCCCC(=O)OCCC(CCCCC)CCCCC)OC(=O)CCCN1CCOCC1. The van der Waals surface area contributed by atoms with Gasteiger partial charge >= 0.3 is 17.9 Å². The van der Waals surface area contributed by atoms with Crippen LogP contribution in [0.4, 0.5) is 0 Å². The van der Waals surface area contributed by atoms with Crippen LogP contribution in [0.3, 0.4) is 0 Å². The van der Waals surface area contributed by atoms with E-state index in [2.05, 4.69) is 32.6 Å². The number of carbonyl (C=O) groups is 3. The van der Waals surface area contributed by atoms with E-state index >= 15 is 0 Å². The molecule has 1 fully saturated rings. The summed E-state index contributed by atoms with van der Waals surface area (Å²) in [5.74, 6) is 1.33. The van der Waals surface area contributed by atoms with Gasteiger partial charge in [-0.25, -0.2) is 0 Å². The first-order chi connectivity index (χ1) is 30.9. The van der Waals surface area contributed by atoms with Gasteiger partial charge < -0.3 is 18.9 Å². The van der Waals surface area contributed by atoms with Crippen molar-refractivity contribution in [2.75, 3.05) is 46.1 Å². The van der Waals surface area contributed by atoms with Gasteiger partial charge in [0.15, 0.2) is 0 Å². The number of hydrogen-bond acceptors (Lipinski definition) is 8. The van der Waals surface area contributed by atoms with Gasteiger partial charge in [-0.1, -0.05) is 195 Å². The Morgan fingerprint density at radius 3 is 1.16 bits per heavy atom. The molecule has 8 nitrogen and oxygen atoms in total. The van der Waals surface area contributed by atoms with E-state index in [1.807, 2.05) is 0 Å². The van der Waals surface area contributed by atoms with Gasteiger partial charge in [-0.3, -0.25) is 19.3 Å². The van der Waals surface area contributed by atoms with Crippen LogP contribution in [-0.4, -0.2) is 75.0 Å². The molecule has 0 N–H and O–H groups in total. The predicted molar refractivity (Wildman–Crippen MR) is 264 cm³/mol. The van der Waals surface area contributed by atoms with Crippen molar-refractivity contribution in [2.45, 2.75) is 278 Å². The number of hydrogen-bond donors (Lipinski definition) is 0. The average molecular weight is 892 g/mol. The zero-order chi connectivity index (χ0) is 45.7. The first-order valence-electron chi connectivity index (χ1n) is 27.7. The molecule has 372 valence electrons. The lowest BCUT2D eigenvalue weighted by molar-refractivity contribution is -0.150. The van der Waals surface area contributed by atoms with Crippen molar-refractivity contribution in [1.29, 1.82) is 0 Å². The highest BCUT2D eigenvalue weighted by Gasteiger charge is 2.17. The normalized spacial score (nSPS) is 13.4. The Bertz CT molecular complexity index is 937. The van der Waals surface area contributed by atoms with Gasteiger partial charge in [0.05, 0.1) is 26.4 Å². The molecule has 0 aromatic heterocycles. The minimum absolute atomic E-state index is 0.0174. The van der Waals surface area contributed by atoms with E-state index in [-0.39, 0.29) is 24.0 Å². The quantitative estimate of drug-likeness (QED) is 0.0339. The summed E-state index contributed by atoms with van der Waals surface area (Å²) in [7, 11) is 0. The Morgan fingerprint density at radius 2 is 0.762 bits per heavy atom. The van der Waals surface area contributed by atoms with Crippen LogP contribution in [0.1, 0.15) is 272 Å². The number of rotatable bonds is 47. The van der Waals surface area contributed by atoms with Crippen LogP contribution >= 0.6 is 0 Å². The van der Waals surface area contributed by atoms with Crippen LogP contribution in [-0.2, 0) is 33.3 Å². The summed E-state index contributed by atoms with van der Waals surface area (Å²) >= 11 is 0. The highest BCUT2D eigenvalue weighted by atomic mass is 16.5. The largest absolute Gasteiger partial charge is 0.466 e. The third kappa shape index (κ3) is 39.2. The maximum absolute atomic E-state index is 12.9. The van der Waals surface area contributed by atoms with Crippen LogP contribution in [0.2, 0.25) is 0 Å². The van der Waals surface area contributed by atoms with E-state index in [9.17, 15) is 14.4 Å².